The second-order valence-corrected chi connectivity index (χ2v) is 5.93. The van der Waals surface area contributed by atoms with Crippen molar-refractivity contribution >= 4 is 5.78 Å². The minimum atomic E-state index is 0.0813. The van der Waals surface area contributed by atoms with Gasteiger partial charge in [-0.25, -0.2) is 0 Å². The van der Waals surface area contributed by atoms with Crippen molar-refractivity contribution in [1.82, 2.24) is 10.2 Å². The molecule has 0 aliphatic carbocycles. The van der Waals surface area contributed by atoms with Crippen LogP contribution in [-0.2, 0) is 13.0 Å². The first-order valence-electron chi connectivity index (χ1n) is 8.21. The van der Waals surface area contributed by atoms with E-state index in [1.54, 1.807) is 0 Å². The molecule has 0 atom stereocenters. The molecule has 0 radical (unpaired) electrons. The number of hydrogen-bond donors (Lipinski definition) is 0. The molecule has 0 fully saturated rings. The number of carbonyl (C=O) groups excluding carboxylic acids is 1. The number of hydrogen-bond acceptors (Lipinski definition) is 5. The van der Waals surface area contributed by atoms with E-state index in [9.17, 15) is 4.79 Å². The highest BCUT2D eigenvalue weighted by atomic mass is 16.5. The first kappa shape index (κ1) is 16.9. The molecule has 1 aromatic heterocycles. The maximum atomic E-state index is 12.4. The number of rotatable bonds is 7. The molecule has 0 aliphatic rings. The monoisotopic (exact) mass is 336 g/mol. The second-order valence-electron chi connectivity index (χ2n) is 5.93. The average molecular weight is 336 g/mol. The number of benzene rings is 2. The summed E-state index contributed by atoms with van der Waals surface area (Å²) in [5.74, 6) is 1.67. The molecule has 5 heteroatoms. The maximum absolute atomic E-state index is 12.4. The maximum Gasteiger partial charge on any atom is 0.253 e. The number of ketones is 1. The zero-order valence-corrected chi connectivity index (χ0v) is 14.4. The number of ether oxygens (including phenoxy) is 1. The molecule has 1 heterocycles. The van der Waals surface area contributed by atoms with Crippen LogP contribution in [0.5, 0.6) is 5.75 Å². The van der Waals surface area contributed by atoms with E-state index < -0.39 is 0 Å². The lowest BCUT2D eigenvalue weighted by atomic mass is 10.00. The van der Waals surface area contributed by atoms with Crippen LogP contribution in [0.2, 0.25) is 0 Å². The summed E-state index contributed by atoms with van der Waals surface area (Å²) in [6, 6.07) is 15.3. The molecule has 0 unspecified atom stereocenters. The van der Waals surface area contributed by atoms with Crippen molar-refractivity contribution in [3.05, 3.63) is 77.0 Å². The van der Waals surface area contributed by atoms with E-state index in [2.05, 4.69) is 10.2 Å². The molecule has 5 nitrogen and oxygen atoms in total. The Morgan fingerprint density at radius 3 is 2.56 bits per heavy atom. The Bertz CT molecular complexity index is 856. The molecule has 0 amide bonds. The molecule has 0 bridgehead atoms. The summed E-state index contributed by atoms with van der Waals surface area (Å²) in [4.78, 5) is 12.4. The normalized spacial score (nSPS) is 10.6. The van der Waals surface area contributed by atoms with Gasteiger partial charge in [-0.15, -0.1) is 10.2 Å². The number of Topliss-reactive ketones (excluding diaryl/α,β-unsaturated/α-hetero) is 1. The fourth-order valence-corrected chi connectivity index (χ4v) is 2.59. The number of aromatic nitrogens is 2. The Labute approximate surface area is 146 Å². The minimum Gasteiger partial charge on any atom is -0.484 e. The van der Waals surface area contributed by atoms with Gasteiger partial charge in [0.1, 0.15) is 5.75 Å². The van der Waals surface area contributed by atoms with Crippen molar-refractivity contribution in [2.24, 2.45) is 0 Å². The number of para-hydroxylation sites is 1. The lowest BCUT2D eigenvalue weighted by Gasteiger charge is -2.05. The van der Waals surface area contributed by atoms with Gasteiger partial charge in [0.05, 0.1) is 0 Å². The van der Waals surface area contributed by atoms with Gasteiger partial charge in [0.25, 0.3) is 5.89 Å². The molecule has 0 spiro atoms. The SMILES string of the molecule is Cc1ccc(C(=O)CCc2nnc(COc3ccccc3)o2)c(C)c1. The van der Waals surface area contributed by atoms with E-state index in [1.165, 1.54) is 0 Å². The fourth-order valence-electron chi connectivity index (χ4n) is 2.59. The van der Waals surface area contributed by atoms with Gasteiger partial charge in [-0.3, -0.25) is 4.79 Å². The van der Waals surface area contributed by atoms with Crippen LogP contribution >= 0.6 is 0 Å². The lowest BCUT2D eigenvalue weighted by molar-refractivity contribution is 0.0979. The average Bonchev–Trinajstić information content (AvgIpc) is 3.07. The molecule has 3 aromatic rings. The third-order valence-corrected chi connectivity index (χ3v) is 3.86. The zero-order chi connectivity index (χ0) is 17.6. The van der Waals surface area contributed by atoms with Crippen molar-refractivity contribution in [2.45, 2.75) is 33.3 Å². The molecular weight excluding hydrogens is 316 g/mol. The summed E-state index contributed by atoms with van der Waals surface area (Å²) >= 11 is 0. The van der Waals surface area contributed by atoms with Crippen LogP contribution in [0.3, 0.4) is 0 Å². The summed E-state index contributed by atoms with van der Waals surface area (Å²) in [7, 11) is 0. The highest BCUT2D eigenvalue weighted by Crippen LogP contribution is 2.15. The van der Waals surface area contributed by atoms with Crippen LogP contribution in [0.25, 0.3) is 0 Å². The molecule has 25 heavy (non-hydrogen) atoms. The van der Waals surface area contributed by atoms with Gasteiger partial charge in [-0.05, 0) is 31.5 Å². The van der Waals surface area contributed by atoms with Gasteiger partial charge in [0, 0.05) is 18.4 Å². The summed E-state index contributed by atoms with van der Waals surface area (Å²) in [5, 5.41) is 7.94. The van der Waals surface area contributed by atoms with Gasteiger partial charge in [0.2, 0.25) is 5.89 Å². The molecular formula is C20H20N2O3. The largest absolute Gasteiger partial charge is 0.484 e. The number of aryl methyl sites for hydroxylation is 3. The summed E-state index contributed by atoms with van der Waals surface area (Å²) in [6.07, 6.45) is 0.759. The minimum absolute atomic E-state index is 0.0813. The standard InChI is InChI=1S/C20H20N2O3/c1-14-8-9-17(15(2)12-14)18(23)10-11-19-21-22-20(25-19)13-24-16-6-4-3-5-7-16/h3-9,12H,10-11,13H2,1-2H3. The highest BCUT2D eigenvalue weighted by Gasteiger charge is 2.12. The molecule has 0 saturated heterocycles. The van der Waals surface area contributed by atoms with Gasteiger partial charge in [0.15, 0.2) is 12.4 Å². The summed E-state index contributed by atoms with van der Waals surface area (Å²) in [6.45, 7) is 4.17. The van der Waals surface area contributed by atoms with Crippen LogP contribution in [0.1, 0.15) is 39.7 Å². The van der Waals surface area contributed by atoms with Gasteiger partial charge < -0.3 is 9.15 Å². The second kappa shape index (κ2) is 7.75. The molecule has 0 N–H and O–H groups in total. The number of nitrogens with zero attached hydrogens (tertiary/aromatic N) is 2. The van der Waals surface area contributed by atoms with Gasteiger partial charge in [-0.2, -0.15) is 0 Å². The van der Waals surface area contributed by atoms with Crippen LogP contribution in [-0.4, -0.2) is 16.0 Å². The highest BCUT2D eigenvalue weighted by molar-refractivity contribution is 5.97. The van der Waals surface area contributed by atoms with Crippen molar-refractivity contribution < 1.29 is 13.9 Å². The van der Waals surface area contributed by atoms with Crippen LogP contribution in [0.15, 0.2) is 52.9 Å². The smallest absolute Gasteiger partial charge is 0.253 e. The molecule has 2 aromatic carbocycles. The Morgan fingerprint density at radius 1 is 1.04 bits per heavy atom. The molecule has 3 rings (SSSR count). The first-order chi connectivity index (χ1) is 12.1. The molecule has 128 valence electrons. The van der Waals surface area contributed by atoms with Crippen LogP contribution in [0, 0.1) is 13.8 Å². The van der Waals surface area contributed by atoms with E-state index in [1.807, 2.05) is 62.4 Å². The van der Waals surface area contributed by atoms with E-state index in [-0.39, 0.29) is 12.4 Å². The Hall–Kier alpha value is -2.95. The zero-order valence-electron chi connectivity index (χ0n) is 14.4. The molecule has 0 aliphatic heterocycles. The third kappa shape index (κ3) is 4.53. The van der Waals surface area contributed by atoms with E-state index in [0.717, 1.165) is 22.4 Å². The van der Waals surface area contributed by atoms with Crippen molar-refractivity contribution in [2.75, 3.05) is 0 Å². The Morgan fingerprint density at radius 2 is 1.80 bits per heavy atom. The topological polar surface area (TPSA) is 65.2 Å². The quantitative estimate of drug-likeness (QED) is 0.608. The predicted molar refractivity (Wildman–Crippen MR) is 93.6 cm³/mol. The molecule has 0 saturated carbocycles. The van der Waals surface area contributed by atoms with Crippen LogP contribution < -0.4 is 4.74 Å². The van der Waals surface area contributed by atoms with E-state index >= 15 is 0 Å². The van der Waals surface area contributed by atoms with Crippen molar-refractivity contribution in [1.29, 1.82) is 0 Å². The van der Waals surface area contributed by atoms with E-state index in [4.69, 9.17) is 9.15 Å². The Kier molecular flexibility index (Phi) is 5.23. The van der Waals surface area contributed by atoms with Crippen LogP contribution in [0.4, 0.5) is 0 Å². The summed E-state index contributed by atoms with van der Waals surface area (Å²) < 4.78 is 11.1. The first-order valence-corrected chi connectivity index (χ1v) is 8.21. The summed E-state index contributed by atoms with van der Waals surface area (Å²) in [5.41, 5.74) is 2.89. The Balaban J connectivity index is 1.53. The predicted octanol–water partition coefficient (Wildman–Crippen LogP) is 4.08. The third-order valence-electron chi connectivity index (χ3n) is 3.86. The van der Waals surface area contributed by atoms with Gasteiger partial charge in [-0.1, -0.05) is 42.0 Å². The van der Waals surface area contributed by atoms with Crippen molar-refractivity contribution in [3.8, 4) is 5.75 Å². The van der Waals surface area contributed by atoms with Gasteiger partial charge >= 0.3 is 0 Å². The van der Waals surface area contributed by atoms with Crippen molar-refractivity contribution in [3.63, 3.8) is 0 Å². The lowest BCUT2D eigenvalue weighted by Crippen LogP contribution is -2.04. The fraction of sp³-hybridized carbons (Fsp3) is 0.250. The van der Waals surface area contributed by atoms with E-state index in [0.29, 0.717) is 24.6 Å². The number of carbonyl (C=O) groups is 1.